The van der Waals surface area contributed by atoms with E-state index >= 15 is 0 Å². The Labute approximate surface area is 182 Å². The topological polar surface area (TPSA) is 53.1 Å². The first-order valence-electron chi connectivity index (χ1n) is 9.21. The predicted molar refractivity (Wildman–Crippen MR) is 119 cm³/mol. The number of rotatable bonds is 5. The molecule has 0 spiro atoms. The minimum atomic E-state index is 0.700. The number of thiazole rings is 1. The molecule has 0 bridgehead atoms. The van der Waals surface area contributed by atoms with E-state index < -0.39 is 0 Å². The predicted octanol–water partition coefficient (Wildman–Crippen LogP) is 6.58. The van der Waals surface area contributed by atoms with Crippen LogP contribution in [0, 0.1) is 0 Å². The fourth-order valence-electron chi connectivity index (χ4n) is 3.15. The van der Waals surface area contributed by atoms with Crippen molar-refractivity contribution in [1.29, 1.82) is 0 Å². The molecule has 0 radical (unpaired) electrons. The van der Waals surface area contributed by atoms with Crippen LogP contribution < -0.4 is 4.74 Å². The van der Waals surface area contributed by atoms with Gasteiger partial charge in [0.2, 0.25) is 5.13 Å². The largest absolute Gasteiger partial charge is 0.497 e. The summed E-state index contributed by atoms with van der Waals surface area (Å²) in [5, 5.41) is 8.27. The second-order valence-corrected chi connectivity index (χ2v) is 7.83. The molecule has 5 aromatic rings. The number of nitrogens with zero attached hydrogens (tertiary/aromatic N) is 3. The van der Waals surface area contributed by atoms with Gasteiger partial charge in [-0.3, -0.25) is 0 Å². The van der Waals surface area contributed by atoms with Gasteiger partial charge < -0.3 is 9.15 Å². The fraction of sp³-hybridized carbons (Fsp3) is 0.0435. The Bertz CT molecular complexity index is 1270. The van der Waals surface area contributed by atoms with Crippen molar-refractivity contribution in [1.82, 2.24) is 14.8 Å². The van der Waals surface area contributed by atoms with Crippen molar-refractivity contribution in [3.63, 3.8) is 0 Å². The first-order valence-corrected chi connectivity index (χ1v) is 10.5. The molecule has 7 heteroatoms. The number of methoxy groups -OCH3 is 1. The van der Waals surface area contributed by atoms with E-state index in [1.54, 1.807) is 13.4 Å². The number of hydrogen-bond donors (Lipinski definition) is 0. The van der Waals surface area contributed by atoms with Crippen LogP contribution in [-0.4, -0.2) is 21.9 Å². The van der Waals surface area contributed by atoms with E-state index in [4.69, 9.17) is 30.8 Å². The van der Waals surface area contributed by atoms with E-state index in [2.05, 4.69) is 0 Å². The lowest BCUT2D eigenvalue weighted by Crippen LogP contribution is -1.99. The number of halogens is 1. The van der Waals surface area contributed by atoms with Crippen LogP contribution in [0.1, 0.15) is 0 Å². The van der Waals surface area contributed by atoms with Gasteiger partial charge in [-0.2, -0.15) is 5.10 Å². The molecule has 0 saturated heterocycles. The number of aromatic nitrogens is 3. The number of ether oxygens (including phenoxy) is 1. The summed E-state index contributed by atoms with van der Waals surface area (Å²) in [5.41, 5.74) is 4.55. The van der Waals surface area contributed by atoms with Crippen molar-refractivity contribution < 1.29 is 9.15 Å². The van der Waals surface area contributed by atoms with Gasteiger partial charge in [0.05, 0.1) is 24.8 Å². The van der Waals surface area contributed by atoms with Crippen molar-refractivity contribution in [3.8, 4) is 44.9 Å². The molecule has 0 amide bonds. The molecule has 148 valence electrons. The van der Waals surface area contributed by atoms with Crippen molar-refractivity contribution in [3.05, 3.63) is 83.4 Å². The molecular formula is C23H16ClN3O2S. The number of benzene rings is 2. The van der Waals surface area contributed by atoms with E-state index in [9.17, 15) is 0 Å². The maximum Gasteiger partial charge on any atom is 0.211 e. The summed E-state index contributed by atoms with van der Waals surface area (Å²) in [5.74, 6) is 1.51. The maximum absolute atomic E-state index is 6.01. The zero-order chi connectivity index (χ0) is 20.5. The highest BCUT2D eigenvalue weighted by molar-refractivity contribution is 7.12. The van der Waals surface area contributed by atoms with E-state index in [1.165, 1.54) is 11.3 Å². The average molecular weight is 434 g/mol. The zero-order valence-electron chi connectivity index (χ0n) is 15.9. The Morgan fingerprint density at radius 3 is 2.43 bits per heavy atom. The van der Waals surface area contributed by atoms with Crippen LogP contribution in [-0.2, 0) is 0 Å². The molecule has 3 aromatic heterocycles. The van der Waals surface area contributed by atoms with Crippen molar-refractivity contribution in [2.24, 2.45) is 0 Å². The third kappa shape index (κ3) is 3.51. The molecule has 5 rings (SSSR count). The molecular weight excluding hydrogens is 418 g/mol. The molecule has 0 N–H and O–H groups in total. The highest BCUT2D eigenvalue weighted by Crippen LogP contribution is 2.32. The lowest BCUT2D eigenvalue weighted by Gasteiger charge is -2.05. The quantitative estimate of drug-likeness (QED) is 0.314. The maximum atomic E-state index is 6.01. The van der Waals surface area contributed by atoms with Crippen LogP contribution in [0.15, 0.2) is 82.8 Å². The molecule has 5 nitrogen and oxygen atoms in total. The van der Waals surface area contributed by atoms with E-state index in [0.29, 0.717) is 10.8 Å². The number of furan rings is 1. The Kier molecular flexibility index (Phi) is 4.86. The fourth-order valence-corrected chi connectivity index (χ4v) is 4.08. The normalized spacial score (nSPS) is 11.0. The van der Waals surface area contributed by atoms with Gasteiger partial charge in [0, 0.05) is 21.5 Å². The first-order chi connectivity index (χ1) is 14.7. The summed E-state index contributed by atoms with van der Waals surface area (Å²) in [6.45, 7) is 0. The minimum absolute atomic E-state index is 0.700. The van der Waals surface area contributed by atoms with E-state index in [-0.39, 0.29) is 0 Å². The lowest BCUT2D eigenvalue weighted by molar-refractivity contribution is 0.415. The van der Waals surface area contributed by atoms with E-state index in [1.807, 2.05) is 76.8 Å². The summed E-state index contributed by atoms with van der Waals surface area (Å²) in [6.07, 6.45) is 1.64. The molecule has 2 aromatic carbocycles. The average Bonchev–Trinajstić information content (AvgIpc) is 3.54. The Hall–Kier alpha value is -3.35. The first kappa shape index (κ1) is 18.7. The summed E-state index contributed by atoms with van der Waals surface area (Å²) in [4.78, 5) is 4.82. The molecule has 30 heavy (non-hydrogen) atoms. The molecule has 0 aliphatic carbocycles. The molecule has 0 saturated carbocycles. The lowest BCUT2D eigenvalue weighted by atomic mass is 10.1. The van der Waals surface area contributed by atoms with Gasteiger partial charge in [-0.15, -0.1) is 11.3 Å². The Balaban J connectivity index is 1.60. The van der Waals surface area contributed by atoms with Gasteiger partial charge in [0.1, 0.15) is 11.4 Å². The van der Waals surface area contributed by atoms with Crippen molar-refractivity contribution >= 4 is 22.9 Å². The highest BCUT2D eigenvalue weighted by Gasteiger charge is 2.17. The minimum Gasteiger partial charge on any atom is -0.497 e. The Morgan fingerprint density at radius 2 is 1.73 bits per heavy atom. The SMILES string of the molecule is COc1ccc(-c2cc(-c3ccco3)nn2-c2nc(-c3ccc(Cl)cc3)cs2)cc1. The van der Waals surface area contributed by atoms with Crippen molar-refractivity contribution in [2.75, 3.05) is 7.11 Å². The Morgan fingerprint density at radius 1 is 0.967 bits per heavy atom. The van der Waals surface area contributed by atoms with Gasteiger partial charge in [-0.1, -0.05) is 23.7 Å². The monoisotopic (exact) mass is 433 g/mol. The van der Waals surface area contributed by atoms with Gasteiger partial charge in [0.25, 0.3) is 0 Å². The highest BCUT2D eigenvalue weighted by atomic mass is 35.5. The molecule has 0 aliphatic rings. The molecule has 0 unspecified atom stereocenters. The third-order valence-corrected chi connectivity index (χ3v) is 5.75. The molecule has 0 fully saturated rings. The van der Waals surface area contributed by atoms with Crippen LogP contribution in [0.4, 0.5) is 0 Å². The van der Waals surface area contributed by atoms with E-state index in [0.717, 1.165) is 39.1 Å². The van der Waals surface area contributed by atoms with Gasteiger partial charge in [0.15, 0.2) is 5.76 Å². The van der Waals surface area contributed by atoms with Crippen LogP contribution in [0.25, 0.3) is 39.1 Å². The van der Waals surface area contributed by atoms with Crippen LogP contribution in [0.2, 0.25) is 5.02 Å². The molecule has 0 atom stereocenters. The second kappa shape index (κ2) is 7.82. The smallest absolute Gasteiger partial charge is 0.211 e. The summed E-state index contributed by atoms with van der Waals surface area (Å²) < 4.78 is 12.7. The number of hydrogen-bond acceptors (Lipinski definition) is 5. The zero-order valence-corrected chi connectivity index (χ0v) is 17.5. The van der Waals surface area contributed by atoms with Gasteiger partial charge in [-0.05, 0) is 54.6 Å². The second-order valence-electron chi connectivity index (χ2n) is 6.55. The summed E-state index contributed by atoms with van der Waals surface area (Å²) in [6, 6.07) is 21.3. The van der Waals surface area contributed by atoms with Crippen LogP contribution in [0.5, 0.6) is 5.75 Å². The summed E-state index contributed by atoms with van der Waals surface area (Å²) >= 11 is 7.54. The van der Waals surface area contributed by atoms with Crippen molar-refractivity contribution in [2.45, 2.75) is 0 Å². The standard InChI is InChI=1S/C23H16ClN3O2S/c1-28-18-10-6-16(7-11-18)21-13-19(22-3-2-12-29-22)26-27(21)23-25-20(14-30-23)15-4-8-17(24)9-5-15/h2-14H,1H3. The molecule has 3 heterocycles. The van der Waals surface area contributed by atoms with Gasteiger partial charge >= 0.3 is 0 Å². The summed E-state index contributed by atoms with van der Waals surface area (Å²) in [7, 11) is 1.65. The van der Waals surface area contributed by atoms with Crippen LogP contribution >= 0.6 is 22.9 Å². The van der Waals surface area contributed by atoms with Gasteiger partial charge in [-0.25, -0.2) is 9.67 Å². The van der Waals surface area contributed by atoms with Crippen LogP contribution in [0.3, 0.4) is 0 Å². The molecule has 0 aliphatic heterocycles. The third-order valence-electron chi connectivity index (χ3n) is 4.68.